The van der Waals surface area contributed by atoms with Gasteiger partial charge in [-0.2, -0.15) is 4.99 Å². The SMILES string of the molecule is CC(C)C[C@@H](C(=O)[NH+]=C1C=Cc2cn(CC3C=CCCC3)cc21)N1CCCCC1. The molecule has 29 heavy (non-hydrogen) atoms. The molecule has 2 aliphatic carbocycles. The Labute approximate surface area is 175 Å². The van der Waals surface area contributed by atoms with Gasteiger partial charge in [-0.05, 0) is 69.5 Å². The Morgan fingerprint density at radius 2 is 1.97 bits per heavy atom. The van der Waals surface area contributed by atoms with Crippen LogP contribution >= 0.6 is 0 Å². The minimum absolute atomic E-state index is 0.0188. The number of carbonyl (C=O) groups is 1. The molecule has 1 unspecified atom stereocenters. The number of amides is 1. The van der Waals surface area contributed by atoms with Gasteiger partial charge in [-0.3, -0.25) is 4.90 Å². The van der Waals surface area contributed by atoms with Gasteiger partial charge in [0.2, 0.25) is 5.71 Å². The van der Waals surface area contributed by atoms with Crippen molar-refractivity contribution in [1.82, 2.24) is 9.47 Å². The molecule has 1 aromatic heterocycles. The lowest BCUT2D eigenvalue weighted by Gasteiger charge is -2.31. The number of piperidine rings is 1. The van der Waals surface area contributed by atoms with Crippen molar-refractivity contribution in [1.29, 1.82) is 0 Å². The van der Waals surface area contributed by atoms with Crippen molar-refractivity contribution in [2.45, 2.75) is 71.4 Å². The molecule has 1 saturated heterocycles. The highest BCUT2D eigenvalue weighted by Gasteiger charge is 2.33. The van der Waals surface area contributed by atoms with Gasteiger partial charge in [-0.15, -0.1) is 0 Å². The van der Waals surface area contributed by atoms with Gasteiger partial charge in [0.25, 0.3) is 0 Å². The molecule has 1 fully saturated rings. The third-order valence-corrected chi connectivity index (χ3v) is 6.52. The first kappa shape index (κ1) is 20.3. The first-order chi connectivity index (χ1) is 14.1. The number of fused-ring (bicyclic) bond motifs is 1. The Kier molecular flexibility index (Phi) is 6.49. The molecule has 0 saturated carbocycles. The van der Waals surface area contributed by atoms with E-state index in [9.17, 15) is 4.79 Å². The zero-order chi connectivity index (χ0) is 20.2. The summed E-state index contributed by atoms with van der Waals surface area (Å²) < 4.78 is 2.30. The fourth-order valence-corrected chi connectivity index (χ4v) is 4.98. The molecule has 2 atom stereocenters. The summed E-state index contributed by atoms with van der Waals surface area (Å²) in [5.74, 6) is 1.31. The van der Waals surface area contributed by atoms with Crippen LogP contribution in [0.15, 0.2) is 30.6 Å². The number of aromatic nitrogens is 1. The molecule has 1 aliphatic heterocycles. The smallest absolute Gasteiger partial charge is 0.352 e. The monoisotopic (exact) mass is 394 g/mol. The lowest BCUT2D eigenvalue weighted by Crippen LogP contribution is -2.81. The summed E-state index contributed by atoms with van der Waals surface area (Å²) in [6, 6.07) is -0.0188. The molecular formula is C25H36N3O+. The van der Waals surface area contributed by atoms with E-state index < -0.39 is 0 Å². The largest absolute Gasteiger partial charge is 0.402 e. The standard InChI is InChI=1S/C25H35N3O/c1-19(2)15-24(28-13-7-4-8-14-28)25(29)26-23-12-11-21-17-27(18-22(21)23)16-20-9-5-3-6-10-20/h5,9,11-12,17-20,24H,3-4,6-8,10,13-16H2,1-2H3/p+1/t20?,24-/m0/s1. The summed E-state index contributed by atoms with van der Waals surface area (Å²) in [5, 5.41) is 0. The van der Waals surface area contributed by atoms with E-state index in [0.717, 1.165) is 31.8 Å². The Morgan fingerprint density at radius 3 is 2.69 bits per heavy atom. The molecule has 1 amide bonds. The summed E-state index contributed by atoms with van der Waals surface area (Å²) in [4.78, 5) is 18.9. The lowest BCUT2D eigenvalue weighted by atomic mass is 9.96. The Hall–Kier alpha value is -1.94. The Balaban J connectivity index is 1.49. The van der Waals surface area contributed by atoms with Crippen molar-refractivity contribution in [3.63, 3.8) is 0 Å². The maximum Gasteiger partial charge on any atom is 0.402 e. The number of nitrogens with one attached hydrogen (secondary N) is 1. The van der Waals surface area contributed by atoms with E-state index in [4.69, 9.17) is 0 Å². The van der Waals surface area contributed by atoms with Crippen LogP contribution in [0.5, 0.6) is 0 Å². The summed E-state index contributed by atoms with van der Waals surface area (Å²) in [6.07, 6.45) is 21.7. The van der Waals surface area contributed by atoms with E-state index in [1.165, 1.54) is 49.7 Å². The highest BCUT2D eigenvalue weighted by Crippen LogP contribution is 2.23. The summed E-state index contributed by atoms with van der Waals surface area (Å²) in [7, 11) is 0. The van der Waals surface area contributed by atoms with Crippen molar-refractivity contribution in [2.75, 3.05) is 13.1 Å². The molecule has 1 aromatic rings. The summed E-state index contributed by atoms with van der Waals surface area (Å²) in [6.45, 7) is 7.55. The Bertz CT molecular complexity index is 808. The molecule has 4 heteroatoms. The molecule has 4 nitrogen and oxygen atoms in total. The molecule has 156 valence electrons. The molecule has 0 radical (unpaired) electrons. The summed E-state index contributed by atoms with van der Waals surface area (Å²) in [5.41, 5.74) is 3.35. The van der Waals surface area contributed by atoms with Crippen molar-refractivity contribution >= 4 is 17.7 Å². The van der Waals surface area contributed by atoms with Crippen LogP contribution < -0.4 is 4.99 Å². The number of hydrogen-bond donors (Lipinski definition) is 1. The molecule has 2 heterocycles. The fourth-order valence-electron chi connectivity index (χ4n) is 4.98. The predicted octanol–water partition coefficient (Wildman–Crippen LogP) is 3.17. The zero-order valence-corrected chi connectivity index (χ0v) is 18.1. The molecule has 4 rings (SSSR count). The zero-order valence-electron chi connectivity index (χ0n) is 18.1. The second-order valence-electron chi connectivity index (χ2n) is 9.42. The van der Waals surface area contributed by atoms with Gasteiger partial charge in [0.05, 0.1) is 5.56 Å². The van der Waals surface area contributed by atoms with E-state index in [1.807, 2.05) is 0 Å². The van der Waals surface area contributed by atoms with Crippen LogP contribution in [-0.2, 0) is 11.3 Å². The van der Waals surface area contributed by atoms with E-state index in [2.05, 4.69) is 65.0 Å². The number of likely N-dealkylation sites (tertiary alicyclic amines) is 1. The molecule has 0 aromatic carbocycles. The van der Waals surface area contributed by atoms with E-state index in [1.54, 1.807) is 0 Å². The van der Waals surface area contributed by atoms with Gasteiger partial charge >= 0.3 is 5.91 Å². The van der Waals surface area contributed by atoms with Gasteiger partial charge in [0, 0.05) is 30.6 Å². The van der Waals surface area contributed by atoms with Gasteiger partial charge < -0.3 is 4.57 Å². The average Bonchev–Trinajstić information content (AvgIpc) is 3.28. The third kappa shape index (κ3) is 4.98. The first-order valence-corrected chi connectivity index (χ1v) is 11.6. The van der Waals surface area contributed by atoms with E-state index in [-0.39, 0.29) is 11.9 Å². The lowest BCUT2D eigenvalue weighted by molar-refractivity contribution is -0.381. The van der Waals surface area contributed by atoms with Crippen molar-refractivity contribution in [3.05, 3.63) is 41.7 Å². The second-order valence-corrected chi connectivity index (χ2v) is 9.42. The van der Waals surface area contributed by atoms with Crippen LogP contribution in [0, 0.1) is 11.8 Å². The molecule has 0 bridgehead atoms. The quantitative estimate of drug-likeness (QED) is 0.753. The van der Waals surface area contributed by atoms with E-state index in [0.29, 0.717) is 11.8 Å². The molecule has 1 N–H and O–H groups in total. The fraction of sp³-hybridized carbons (Fsp3) is 0.600. The Morgan fingerprint density at radius 1 is 1.14 bits per heavy atom. The average molecular weight is 395 g/mol. The molecule has 0 spiro atoms. The van der Waals surface area contributed by atoms with Crippen LogP contribution in [0.3, 0.4) is 0 Å². The number of allylic oxidation sites excluding steroid dienone is 3. The number of rotatable bonds is 6. The van der Waals surface area contributed by atoms with Crippen LogP contribution in [-0.4, -0.2) is 40.2 Å². The minimum Gasteiger partial charge on any atom is -0.352 e. The van der Waals surface area contributed by atoms with Crippen molar-refractivity contribution in [3.8, 4) is 0 Å². The maximum absolute atomic E-state index is 13.2. The summed E-state index contributed by atoms with van der Waals surface area (Å²) >= 11 is 0. The second kappa shape index (κ2) is 9.25. The topological polar surface area (TPSA) is 39.2 Å². The van der Waals surface area contributed by atoms with Gasteiger partial charge in [0.15, 0.2) is 0 Å². The van der Waals surface area contributed by atoms with Gasteiger partial charge in [-0.25, -0.2) is 4.79 Å². The predicted molar refractivity (Wildman–Crippen MR) is 119 cm³/mol. The van der Waals surface area contributed by atoms with Gasteiger partial charge in [0.1, 0.15) is 6.04 Å². The minimum atomic E-state index is -0.0188. The van der Waals surface area contributed by atoms with Crippen LogP contribution in [0.25, 0.3) is 6.08 Å². The first-order valence-electron chi connectivity index (χ1n) is 11.6. The number of hydrogen-bond acceptors (Lipinski definition) is 2. The van der Waals surface area contributed by atoms with Crippen LogP contribution in [0.2, 0.25) is 0 Å². The number of nitrogens with zero attached hydrogens (tertiary/aromatic N) is 2. The van der Waals surface area contributed by atoms with Crippen LogP contribution in [0.4, 0.5) is 0 Å². The highest BCUT2D eigenvalue weighted by molar-refractivity contribution is 6.14. The maximum atomic E-state index is 13.2. The molecule has 3 aliphatic rings. The number of carbonyl (C=O) groups excluding carboxylic acids is 1. The van der Waals surface area contributed by atoms with Crippen molar-refractivity contribution in [2.24, 2.45) is 11.8 Å². The highest BCUT2D eigenvalue weighted by atomic mass is 16.1. The van der Waals surface area contributed by atoms with Crippen LogP contribution in [0.1, 0.15) is 69.9 Å². The molecular weight excluding hydrogens is 358 g/mol. The van der Waals surface area contributed by atoms with Gasteiger partial charge in [-0.1, -0.05) is 32.4 Å². The normalized spacial score (nSPS) is 24.4. The van der Waals surface area contributed by atoms with Crippen molar-refractivity contribution < 1.29 is 9.79 Å². The third-order valence-electron chi connectivity index (χ3n) is 6.52. The van der Waals surface area contributed by atoms with E-state index >= 15 is 0 Å².